The zero-order chi connectivity index (χ0) is 8.15. The van der Waals surface area contributed by atoms with E-state index in [1.807, 2.05) is 0 Å². The average molecular weight is 178 g/mol. The van der Waals surface area contributed by atoms with Gasteiger partial charge < -0.3 is 29.3 Å². The predicted molar refractivity (Wildman–Crippen MR) is 18.4 cm³/mol. The van der Waals surface area contributed by atoms with Crippen molar-refractivity contribution in [2.45, 2.75) is 0 Å². The molecule has 0 amide bonds. The van der Waals surface area contributed by atoms with Gasteiger partial charge in [0.25, 0.3) is 12.3 Å². The number of carbonyl (C=O) groups excluding carboxylic acids is 3. The Morgan fingerprint density at radius 3 is 1.33 bits per heavy atom. The van der Waals surface area contributed by atoms with Gasteiger partial charge in [-0.25, -0.2) is 4.79 Å². The fourth-order valence-electron chi connectivity index (χ4n) is 0.157. The summed E-state index contributed by atoms with van der Waals surface area (Å²) < 4.78 is 6.17. The summed E-state index contributed by atoms with van der Waals surface area (Å²) in [5.74, 6) is 0. The molecule has 7 nitrogen and oxygen atoms in total. The molecule has 0 fully saturated rings. The number of hydrogen-bond donors (Lipinski definition) is 0. The van der Waals surface area contributed by atoms with E-state index in [-0.39, 0.29) is 48.4 Å². The summed E-state index contributed by atoms with van der Waals surface area (Å²) in [6.45, 7) is 0. The molecule has 56 valence electrons. The Bertz CT molecular complexity index is 161. The third-order valence-corrected chi connectivity index (χ3v) is 0.333. The Morgan fingerprint density at radius 1 is 0.917 bits per heavy atom. The molecule has 0 spiro atoms. The van der Waals surface area contributed by atoms with Crippen LogP contribution in [-0.2, 0) is 9.47 Å². The van der Waals surface area contributed by atoms with Gasteiger partial charge in [0.2, 0.25) is 0 Å². The van der Waals surface area contributed by atoms with Crippen LogP contribution >= 0.6 is 0 Å². The zero-order valence-corrected chi connectivity index (χ0v) is 8.36. The molecular formula is C3LiNaO7. The van der Waals surface area contributed by atoms with E-state index in [1.54, 1.807) is 0 Å². The Kier molecular flexibility index (Phi) is 13.2. The Hall–Kier alpha value is -0.193. The molecular weight excluding hydrogens is 178 g/mol. The quantitative estimate of drug-likeness (QED) is 0.205. The van der Waals surface area contributed by atoms with E-state index >= 15 is 0 Å². The number of carboxylic acid groups (broad SMARTS) is 2. The van der Waals surface area contributed by atoms with E-state index < -0.39 is 18.5 Å². The molecule has 0 saturated carbocycles. The third kappa shape index (κ3) is 12.5. The minimum atomic E-state index is -2.20. The van der Waals surface area contributed by atoms with Gasteiger partial charge >= 0.3 is 54.6 Å². The van der Waals surface area contributed by atoms with Crippen molar-refractivity contribution in [1.29, 1.82) is 0 Å². The number of hydrogen-bond acceptors (Lipinski definition) is 7. The summed E-state index contributed by atoms with van der Waals surface area (Å²) >= 11 is 0. The summed E-state index contributed by atoms with van der Waals surface area (Å²) in [5.41, 5.74) is 0. The van der Waals surface area contributed by atoms with Crippen LogP contribution in [0.1, 0.15) is 0 Å². The molecule has 0 aliphatic heterocycles. The Labute approximate surface area is 100 Å². The van der Waals surface area contributed by atoms with Gasteiger partial charge in [0, 0.05) is 0 Å². The van der Waals surface area contributed by atoms with Gasteiger partial charge in [-0.3, -0.25) is 0 Å². The molecule has 0 bridgehead atoms. The van der Waals surface area contributed by atoms with E-state index in [2.05, 4.69) is 9.47 Å². The molecule has 0 atom stereocenters. The minimum Gasteiger partial charge on any atom is -0.467 e. The standard InChI is InChI=1S/C3H2O7.Li.Na/c4-1(5)9-3(8)10-2(6)7;;/h(H,4,5)(H,6,7);;/q;2*+1/p-2. The first-order chi connectivity index (χ1) is 4.52. The molecule has 0 unspecified atom stereocenters. The first-order valence-electron chi connectivity index (χ1n) is 1.84. The zero-order valence-electron chi connectivity index (χ0n) is 6.36. The van der Waals surface area contributed by atoms with Crippen LogP contribution in [0.5, 0.6) is 0 Å². The second kappa shape index (κ2) is 8.90. The van der Waals surface area contributed by atoms with Gasteiger partial charge in [0.1, 0.15) is 0 Å². The molecule has 0 aromatic heterocycles. The van der Waals surface area contributed by atoms with Crippen molar-refractivity contribution >= 4 is 18.5 Å². The van der Waals surface area contributed by atoms with Crippen LogP contribution < -0.4 is 58.6 Å². The molecule has 0 saturated heterocycles. The van der Waals surface area contributed by atoms with E-state index in [0.29, 0.717) is 0 Å². The summed E-state index contributed by atoms with van der Waals surface area (Å²) in [6, 6.07) is 0. The maximum Gasteiger partial charge on any atom is 1.00 e. The van der Waals surface area contributed by atoms with E-state index in [4.69, 9.17) is 0 Å². The second-order valence-corrected chi connectivity index (χ2v) is 0.954. The van der Waals surface area contributed by atoms with Crippen LogP contribution in [0.3, 0.4) is 0 Å². The Morgan fingerprint density at radius 2 is 1.17 bits per heavy atom. The molecule has 0 aromatic carbocycles. The molecule has 0 N–H and O–H groups in total. The predicted octanol–water partition coefficient (Wildman–Crippen LogP) is -8.17. The monoisotopic (exact) mass is 178 g/mol. The van der Waals surface area contributed by atoms with Crippen molar-refractivity contribution in [1.82, 2.24) is 0 Å². The van der Waals surface area contributed by atoms with Crippen molar-refractivity contribution in [2.75, 3.05) is 0 Å². The maximum absolute atomic E-state index is 9.78. The average Bonchev–Trinajstić information content (AvgIpc) is 1.58. The minimum absolute atomic E-state index is 0. The van der Waals surface area contributed by atoms with Crippen molar-refractivity contribution in [3.05, 3.63) is 0 Å². The van der Waals surface area contributed by atoms with Crippen molar-refractivity contribution < 1.29 is 82.5 Å². The molecule has 0 rings (SSSR count). The molecule has 0 heterocycles. The molecule has 12 heavy (non-hydrogen) atoms. The van der Waals surface area contributed by atoms with Crippen LogP contribution in [0.2, 0.25) is 0 Å². The van der Waals surface area contributed by atoms with Crippen molar-refractivity contribution in [3.8, 4) is 0 Å². The molecule has 0 radical (unpaired) electrons. The van der Waals surface area contributed by atoms with Crippen LogP contribution in [-0.4, -0.2) is 18.5 Å². The van der Waals surface area contributed by atoms with Gasteiger partial charge in [0.05, 0.1) is 0 Å². The smallest absolute Gasteiger partial charge is 0.467 e. The second-order valence-electron chi connectivity index (χ2n) is 0.954. The molecule has 0 aliphatic carbocycles. The van der Waals surface area contributed by atoms with Gasteiger partial charge in [-0.1, -0.05) is 0 Å². The fraction of sp³-hybridized carbons (Fsp3) is 0. The van der Waals surface area contributed by atoms with Crippen LogP contribution in [0.25, 0.3) is 0 Å². The van der Waals surface area contributed by atoms with Crippen molar-refractivity contribution in [2.24, 2.45) is 0 Å². The SMILES string of the molecule is O=C([O-])OC(=O)OC(=O)[O-].[Li+].[Na+]. The van der Waals surface area contributed by atoms with Crippen molar-refractivity contribution in [3.63, 3.8) is 0 Å². The first kappa shape index (κ1) is 17.8. The van der Waals surface area contributed by atoms with Gasteiger partial charge in [0.15, 0.2) is 0 Å². The number of ether oxygens (including phenoxy) is 2. The number of carbonyl (C=O) groups is 3. The fourth-order valence-corrected chi connectivity index (χ4v) is 0.157. The largest absolute Gasteiger partial charge is 1.00 e. The van der Waals surface area contributed by atoms with Gasteiger partial charge in [-0.05, 0) is 0 Å². The van der Waals surface area contributed by atoms with E-state index in [9.17, 15) is 24.6 Å². The maximum atomic E-state index is 9.78. The third-order valence-electron chi connectivity index (χ3n) is 0.333. The summed E-state index contributed by atoms with van der Waals surface area (Å²) in [7, 11) is 0. The van der Waals surface area contributed by atoms with Gasteiger partial charge in [-0.15, -0.1) is 0 Å². The van der Waals surface area contributed by atoms with E-state index in [0.717, 1.165) is 0 Å². The van der Waals surface area contributed by atoms with Gasteiger partial charge in [-0.2, -0.15) is 0 Å². The topological polar surface area (TPSA) is 116 Å². The number of rotatable bonds is 0. The summed E-state index contributed by atoms with van der Waals surface area (Å²) in [5, 5.41) is 18.7. The molecule has 9 heteroatoms. The normalized spacial score (nSPS) is 6.67. The molecule has 0 aromatic rings. The summed E-state index contributed by atoms with van der Waals surface area (Å²) in [6.07, 6.45) is -6.32. The summed E-state index contributed by atoms with van der Waals surface area (Å²) in [4.78, 5) is 28.5. The van der Waals surface area contributed by atoms with Crippen LogP contribution in [0, 0.1) is 0 Å². The van der Waals surface area contributed by atoms with Crippen LogP contribution in [0.4, 0.5) is 14.4 Å². The first-order valence-corrected chi connectivity index (χ1v) is 1.84. The molecule has 0 aliphatic rings. The Balaban J connectivity index is -0.000000405. The van der Waals surface area contributed by atoms with Crippen LogP contribution in [0.15, 0.2) is 0 Å². The van der Waals surface area contributed by atoms with E-state index in [1.165, 1.54) is 0 Å².